The molecule has 19 heavy (non-hydrogen) atoms. The number of nitrogens with zero attached hydrogens (tertiary/aromatic N) is 3. The first kappa shape index (κ1) is 11.5. The highest BCUT2D eigenvalue weighted by atomic mass is 16.3. The van der Waals surface area contributed by atoms with Gasteiger partial charge in [0.05, 0.1) is 31.2 Å². The number of rotatable bonds is 5. The Hall–Kier alpha value is -2.56. The van der Waals surface area contributed by atoms with Crippen molar-refractivity contribution in [2.45, 2.75) is 13.1 Å². The summed E-state index contributed by atoms with van der Waals surface area (Å²) in [7, 11) is 0. The van der Waals surface area contributed by atoms with Gasteiger partial charge in [0.1, 0.15) is 5.76 Å². The van der Waals surface area contributed by atoms with E-state index >= 15 is 0 Å². The second-order valence-electron chi connectivity index (χ2n) is 4.23. The molecule has 3 rings (SSSR count). The molecule has 5 heteroatoms. The standard InChI is InChI=1S/C14H14N4O/c1-2-4-12(5-3-1)9-18-10-13(6-17-18)16-8-14-7-15-11-19-14/h1-7,10-11,16H,8-9H2. The summed E-state index contributed by atoms with van der Waals surface area (Å²) < 4.78 is 7.06. The van der Waals surface area contributed by atoms with Crippen LogP contribution in [-0.2, 0) is 13.1 Å². The predicted octanol–water partition coefficient (Wildman–Crippen LogP) is 2.53. The third kappa shape index (κ3) is 3.01. The fourth-order valence-corrected chi connectivity index (χ4v) is 1.83. The van der Waals surface area contributed by atoms with Crippen LogP contribution in [-0.4, -0.2) is 14.8 Å². The van der Waals surface area contributed by atoms with Crippen LogP contribution in [0.25, 0.3) is 0 Å². The van der Waals surface area contributed by atoms with Crippen LogP contribution in [0.1, 0.15) is 11.3 Å². The zero-order valence-corrected chi connectivity index (χ0v) is 10.4. The van der Waals surface area contributed by atoms with Gasteiger partial charge in [-0.3, -0.25) is 4.68 Å². The van der Waals surface area contributed by atoms with Crippen molar-refractivity contribution in [1.82, 2.24) is 14.8 Å². The Kier molecular flexibility index (Phi) is 3.27. The van der Waals surface area contributed by atoms with Gasteiger partial charge in [0.2, 0.25) is 0 Å². The van der Waals surface area contributed by atoms with Crippen LogP contribution < -0.4 is 5.32 Å². The van der Waals surface area contributed by atoms with Crippen LogP contribution >= 0.6 is 0 Å². The van der Waals surface area contributed by atoms with Gasteiger partial charge in [-0.2, -0.15) is 5.10 Å². The number of benzene rings is 1. The lowest BCUT2D eigenvalue weighted by Crippen LogP contribution is -2.00. The number of hydrogen-bond acceptors (Lipinski definition) is 4. The minimum Gasteiger partial charge on any atom is -0.447 e. The first-order valence-electron chi connectivity index (χ1n) is 6.08. The molecule has 0 saturated carbocycles. The number of anilines is 1. The molecule has 2 heterocycles. The number of hydrogen-bond donors (Lipinski definition) is 1. The number of aromatic nitrogens is 3. The topological polar surface area (TPSA) is 55.9 Å². The first-order valence-corrected chi connectivity index (χ1v) is 6.08. The third-order valence-corrected chi connectivity index (χ3v) is 2.77. The van der Waals surface area contributed by atoms with Crippen LogP contribution in [0.4, 0.5) is 5.69 Å². The molecule has 0 amide bonds. The Morgan fingerprint density at radius 1 is 1.16 bits per heavy atom. The Morgan fingerprint density at radius 3 is 2.84 bits per heavy atom. The van der Waals surface area contributed by atoms with Gasteiger partial charge in [-0.05, 0) is 5.56 Å². The Bertz CT molecular complexity index is 616. The maximum Gasteiger partial charge on any atom is 0.180 e. The van der Waals surface area contributed by atoms with E-state index in [0.29, 0.717) is 6.54 Å². The monoisotopic (exact) mass is 254 g/mol. The van der Waals surface area contributed by atoms with Crippen LogP contribution in [0.2, 0.25) is 0 Å². The van der Waals surface area contributed by atoms with Crippen molar-refractivity contribution in [3.63, 3.8) is 0 Å². The van der Waals surface area contributed by atoms with Crippen molar-refractivity contribution >= 4 is 5.69 Å². The van der Waals surface area contributed by atoms with E-state index in [1.54, 1.807) is 12.4 Å². The minimum atomic E-state index is 0.608. The molecule has 0 fully saturated rings. The second kappa shape index (κ2) is 5.39. The van der Waals surface area contributed by atoms with Gasteiger partial charge in [0.15, 0.2) is 6.39 Å². The van der Waals surface area contributed by atoms with Crippen LogP contribution in [0.3, 0.4) is 0 Å². The minimum absolute atomic E-state index is 0.608. The highest BCUT2D eigenvalue weighted by Gasteiger charge is 2.01. The van der Waals surface area contributed by atoms with Crippen molar-refractivity contribution in [1.29, 1.82) is 0 Å². The van der Waals surface area contributed by atoms with Crippen molar-refractivity contribution in [2.75, 3.05) is 5.32 Å². The quantitative estimate of drug-likeness (QED) is 0.760. The lowest BCUT2D eigenvalue weighted by atomic mass is 10.2. The summed E-state index contributed by atoms with van der Waals surface area (Å²) in [6, 6.07) is 10.2. The molecule has 0 unspecified atom stereocenters. The van der Waals surface area contributed by atoms with E-state index in [1.165, 1.54) is 12.0 Å². The summed E-state index contributed by atoms with van der Waals surface area (Å²) in [6.45, 7) is 1.38. The normalized spacial score (nSPS) is 10.5. The Labute approximate surface area is 110 Å². The van der Waals surface area contributed by atoms with E-state index in [9.17, 15) is 0 Å². The zero-order chi connectivity index (χ0) is 12.9. The average molecular weight is 254 g/mol. The average Bonchev–Trinajstić information content (AvgIpc) is 3.09. The van der Waals surface area contributed by atoms with Crippen LogP contribution in [0.15, 0.2) is 59.7 Å². The molecule has 0 saturated heterocycles. The molecule has 1 N–H and O–H groups in total. The van der Waals surface area contributed by atoms with E-state index < -0.39 is 0 Å². The van der Waals surface area contributed by atoms with Crippen molar-refractivity contribution < 1.29 is 4.42 Å². The Morgan fingerprint density at radius 2 is 2.05 bits per heavy atom. The molecule has 0 aliphatic rings. The largest absolute Gasteiger partial charge is 0.447 e. The zero-order valence-electron chi connectivity index (χ0n) is 10.4. The summed E-state index contributed by atoms with van der Waals surface area (Å²) in [4.78, 5) is 3.87. The summed E-state index contributed by atoms with van der Waals surface area (Å²) >= 11 is 0. The van der Waals surface area contributed by atoms with Gasteiger partial charge >= 0.3 is 0 Å². The summed E-state index contributed by atoms with van der Waals surface area (Å²) in [5.41, 5.74) is 2.19. The molecule has 1 aromatic carbocycles. The molecule has 96 valence electrons. The molecule has 3 aromatic rings. The van der Waals surface area contributed by atoms with E-state index in [4.69, 9.17) is 4.42 Å². The van der Waals surface area contributed by atoms with Crippen molar-refractivity contribution in [2.24, 2.45) is 0 Å². The molecule has 2 aromatic heterocycles. The molecule has 0 radical (unpaired) electrons. The van der Waals surface area contributed by atoms with E-state index in [-0.39, 0.29) is 0 Å². The maximum absolute atomic E-state index is 5.16. The molecular weight excluding hydrogens is 240 g/mol. The smallest absolute Gasteiger partial charge is 0.180 e. The predicted molar refractivity (Wildman–Crippen MR) is 71.6 cm³/mol. The van der Waals surface area contributed by atoms with E-state index in [1.807, 2.05) is 29.1 Å². The third-order valence-electron chi connectivity index (χ3n) is 2.77. The number of nitrogens with one attached hydrogen (secondary N) is 1. The molecular formula is C14H14N4O. The van der Waals surface area contributed by atoms with Gasteiger partial charge in [-0.1, -0.05) is 30.3 Å². The SMILES string of the molecule is c1ccc(Cn2cc(NCc3cnco3)cn2)cc1. The highest BCUT2D eigenvalue weighted by Crippen LogP contribution is 2.09. The molecule has 0 aliphatic heterocycles. The van der Waals surface area contributed by atoms with Crippen molar-refractivity contribution in [3.05, 3.63) is 66.6 Å². The van der Waals surface area contributed by atoms with Gasteiger partial charge in [0, 0.05) is 6.20 Å². The summed E-state index contributed by atoms with van der Waals surface area (Å²) in [6.07, 6.45) is 6.90. The molecule has 0 spiro atoms. The van der Waals surface area contributed by atoms with Gasteiger partial charge in [-0.25, -0.2) is 4.98 Å². The first-order chi connectivity index (χ1) is 9.40. The fourth-order valence-electron chi connectivity index (χ4n) is 1.83. The van der Waals surface area contributed by atoms with Crippen molar-refractivity contribution in [3.8, 4) is 0 Å². The van der Waals surface area contributed by atoms with E-state index in [0.717, 1.165) is 18.0 Å². The molecule has 0 aliphatic carbocycles. The lowest BCUT2D eigenvalue weighted by molar-refractivity contribution is 0.511. The molecule has 5 nitrogen and oxygen atoms in total. The molecule has 0 bridgehead atoms. The van der Waals surface area contributed by atoms with Gasteiger partial charge in [0.25, 0.3) is 0 Å². The highest BCUT2D eigenvalue weighted by molar-refractivity contribution is 5.38. The van der Waals surface area contributed by atoms with Crippen LogP contribution in [0.5, 0.6) is 0 Å². The van der Waals surface area contributed by atoms with Crippen LogP contribution in [0, 0.1) is 0 Å². The van der Waals surface area contributed by atoms with Gasteiger partial charge in [-0.15, -0.1) is 0 Å². The fraction of sp³-hybridized carbons (Fsp3) is 0.143. The summed E-state index contributed by atoms with van der Waals surface area (Å²) in [5, 5.41) is 7.56. The number of oxazole rings is 1. The van der Waals surface area contributed by atoms with Gasteiger partial charge < -0.3 is 9.73 Å². The second-order valence-corrected chi connectivity index (χ2v) is 4.23. The van der Waals surface area contributed by atoms with E-state index in [2.05, 4.69) is 27.5 Å². The Balaban J connectivity index is 1.60. The maximum atomic E-state index is 5.16. The molecule has 0 atom stereocenters. The summed E-state index contributed by atoms with van der Waals surface area (Å²) in [5.74, 6) is 0.802. The lowest BCUT2D eigenvalue weighted by Gasteiger charge is -2.01.